The van der Waals surface area contributed by atoms with Crippen LogP contribution in [-0.4, -0.2) is 62.7 Å². The first-order valence-electron chi connectivity index (χ1n) is 4.84. The van der Waals surface area contributed by atoms with E-state index in [1.54, 1.807) is 0 Å². The van der Waals surface area contributed by atoms with Crippen LogP contribution in [0.1, 0.15) is 6.92 Å². The Morgan fingerprint density at radius 3 is 2.47 bits per heavy atom. The molecule has 98 valence electrons. The topological polar surface area (TPSA) is 137 Å². The maximum Gasteiger partial charge on any atom is 0.378 e. The quantitative estimate of drug-likeness (QED) is 0.272. The lowest BCUT2D eigenvalue weighted by molar-refractivity contribution is -0.158. The van der Waals surface area contributed by atoms with Crippen LogP contribution in [0.5, 0.6) is 0 Å². The average molecular weight is 250 g/mol. The molecule has 17 heavy (non-hydrogen) atoms. The minimum absolute atomic E-state index is 0.523. The van der Waals surface area contributed by atoms with Crippen molar-refractivity contribution in [1.82, 2.24) is 0 Å². The summed E-state index contributed by atoms with van der Waals surface area (Å²) < 4.78 is 9.24. The van der Waals surface area contributed by atoms with E-state index in [1.165, 1.54) is 6.92 Å². The highest BCUT2D eigenvalue weighted by Crippen LogP contribution is 2.26. The van der Waals surface area contributed by atoms with Crippen LogP contribution in [0.3, 0.4) is 0 Å². The molecule has 1 aliphatic rings. The molecular formula is C9H14O8. The van der Waals surface area contributed by atoms with Crippen molar-refractivity contribution in [2.24, 2.45) is 0 Å². The van der Waals surface area contributed by atoms with Gasteiger partial charge in [0.1, 0.15) is 12.2 Å². The fourth-order valence-electron chi connectivity index (χ4n) is 1.16. The zero-order valence-corrected chi connectivity index (χ0v) is 8.98. The maximum absolute atomic E-state index is 11.0. The van der Waals surface area contributed by atoms with Crippen molar-refractivity contribution in [1.29, 1.82) is 0 Å². The van der Waals surface area contributed by atoms with E-state index in [0.29, 0.717) is 0 Å². The predicted molar refractivity (Wildman–Crippen MR) is 51.4 cm³/mol. The third-order valence-electron chi connectivity index (χ3n) is 2.12. The summed E-state index contributed by atoms with van der Waals surface area (Å²) in [5.41, 5.74) is 0. The second-order valence-corrected chi connectivity index (χ2v) is 3.54. The first-order chi connectivity index (χ1) is 7.88. The molecule has 0 aliphatic carbocycles. The van der Waals surface area contributed by atoms with Crippen molar-refractivity contribution >= 4 is 5.97 Å². The molecule has 0 amide bonds. The van der Waals surface area contributed by atoms with Crippen LogP contribution < -0.4 is 0 Å². The Kier molecular flexibility index (Phi) is 4.29. The van der Waals surface area contributed by atoms with Crippen molar-refractivity contribution in [3.8, 4) is 0 Å². The van der Waals surface area contributed by atoms with Crippen LogP contribution >= 0.6 is 0 Å². The number of ether oxygens (including phenoxy) is 2. The second kappa shape index (κ2) is 5.32. The first kappa shape index (κ1) is 13.7. The number of hydrogen-bond acceptors (Lipinski definition) is 8. The SMILES string of the molecule is CC(O)C(O)OC1=C(O)C(=O)O[C@@H]1[C@@H](O)CO. The fraction of sp³-hybridized carbons (Fsp3) is 0.667. The summed E-state index contributed by atoms with van der Waals surface area (Å²) in [6, 6.07) is 0. The van der Waals surface area contributed by atoms with Crippen LogP contribution in [0.4, 0.5) is 0 Å². The molecule has 5 N–H and O–H groups in total. The Balaban J connectivity index is 2.86. The molecule has 0 spiro atoms. The molecule has 8 nitrogen and oxygen atoms in total. The van der Waals surface area contributed by atoms with Crippen molar-refractivity contribution < 1.29 is 39.8 Å². The lowest BCUT2D eigenvalue weighted by atomic mass is 10.2. The molecule has 0 fully saturated rings. The summed E-state index contributed by atoms with van der Waals surface area (Å²) in [7, 11) is 0. The van der Waals surface area contributed by atoms with Crippen LogP contribution in [0.25, 0.3) is 0 Å². The smallest absolute Gasteiger partial charge is 0.378 e. The number of aliphatic hydroxyl groups excluding tert-OH is 5. The van der Waals surface area contributed by atoms with Crippen molar-refractivity contribution in [2.75, 3.05) is 6.61 Å². The van der Waals surface area contributed by atoms with Gasteiger partial charge < -0.3 is 35.0 Å². The van der Waals surface area contributed by atoms with Gasteiger partial charge in [-0.15, -0.1) is 0 Å². The highest BCUT2D eigenvalue weighted by atomic mass is 16.7. The van der Waals surface area contributed by atoms with Crippen LogP contribution in [0, 0.1) is 0 Å². The van der Waals surface area contributed by atoms with E-state index in [4.69, 9.17) is 14.9 Å². The molecule has 0 radical (unpaired) electrons. The number of esters is 1. The van der Waals surface area contributed by atoms with E-state index in [0.717, 1.165) is 0 Å². The Hall–Kier alpha value is -1.35. The van der Waals surface area contributed by atoms with Gasteiger partial charge in [0, 0.05) is 0 Å². The van der Waals surface area contributed by atoms with E-state index < -0.39 is 48.7 Å². The Labute approximate surface area is 96.3 Å². The Morgan fingerprint density at radius 1 is 1.41 bits per heavy atom. The molecule has 0 saturated carbocycles. The molecule has 0 bridgehead atoms. The van der Waals surface area contributed by atoms with Crippen LogP contribution in [0.2, 0.25) is 0 Å². The van der Waals surface area contributed by atoms with Crippen LogP contribution in [-0.2, 0) is 14.3 Å². The lowest BCUT2D eigenvalue weighted by Gasteiger charge is -2.22. The number of aliphatic hydroxyl groups is 5. The van der Waals surface area contributed by atoms with E-state index in [-0.39, 0.29) is 0 Å². The van der Waals surface area contributed by atoms with Gasteiger partial charge in [-0.25, -0.2) is 4.79 Å². The van der Waals surface area contributed by atoms with Crippen molar-refractivity contribution in [3.63, 3.8) is 0 Å². The average Bonchev–Trinajstić information content (AvgIpc) is 2.56. The third kappa shape index (κ3) is 2.86. The number of carbonyl (C=O) groups excluding carboxylic acids is 1. The number of carbonyl (C=O) groups is 1. The van der Waals surface area contributed by atoms with E-state index in [2.05, 4.69) is 4.74 Å². The number of rotatable bonds is 5. The summed E-state index contributed by atoms with van der Waals surface area (Å²) in [4.78, 5) is 11.0. The van der Waals surface area contributed by atoms with Gasteiger partial charge in [0.2, 0.25) is 12.0 Å². The summed E-state index contributed by atoms with van der Waals surface area (Å²) in [5.74, 6) is -2.58. The summed E-state index contributed by atoms with van der Waals surface area (Å²) >= 11 is 0. The lowest BCUT2D eigenvalue weighted by Crippen LogP contribution is -2.35. The Morgan fingerprint density at radius 2 is 2.00 bits per heavy atom. The molecule has 4 atom stereocenters. The van der Waals surface area contributed by atoms with Gasteiger partial charge in [-0.3, -0.25) is 0 Å². The molecule has 0 aromatic heterocycles. The minimum Gasteiger partial charge on any atom is -0.499 e. The van der Waals surface area contributed by atoms with Crippen molar-refractivity contribution in [2.45, 2.75) is 31.5 Å². The highest BCUT2D eigenvalue weighted by Gasteiger charge is 2.41. The van der Waals surface area contributed by atoms with Gasteiger partial charge in [0.05, 0.1) is 6.61 Å². The van der Waals surface area contributed by atoms with E-state index >= 15 is 0 Å². The summed E-state index contributed by atoms with van der Waals surface area (Å²) in [5, 5.41) is 45.6. The molecule has 2 unspecified atom stereocenters. The van der Waals surface area contributed by atoms with Crippen molar-refractivity contribution in [3.05, 3.63) is 11.5 Å². The molecule has 8 heteroatoms. The zero-order valence-electron chi connectivity index (χ0n) is 8.98. The first-order valence-corrected chi connectivity index (χ1v) is 4.84. The molecule has 1 rings (SSSR count). The van der Waals surface area contributed by atoms with Crippen LogP contribution in [0.15, 0.2) is 11.5 Å². The van der Waals surface area contributed by atoms with E-state index in [1.807, 2.05) is 0 Å². The summed E-state index contributed by atoms with van der Waals surface area (Å²) in [6.07, 6.45) is -5.89. The Bertz CT molecular complexity index is 323. The van der Waals surface area contributed by atoms with Gasteiger partial charge in [-0.1, -0.05) is 0 Å². The normalized spacial score (nSPS) is 25.5. The predicted octanol–water partition coefficient (Wildman–Crippen LogP) is -2.25. The molecule has 0 aromatic carbocycles. The number of hydrogen-bond donors (Lipinski definition) is 5. The van der Waals surface area contributed by atoms with E-state index in [9.17, 15) is 20.1 Å². The molecule has 1 aliphatic heterocycles. The molecule has 0 aromatic rings. The molecule has 1 heterocycles. The third-order valence-corrected chi connectivity index (χ3v) is 2.12. The van der Waals surface area contributed by atoms with Gasteiger partial charge in [0.25, 0.3) is 0 Å². The van der Waals surface area contributed by atoms with Gasteiger partial charge in [-0.2, -0.15) is 0 Å². The zero-order chi connectivity index (χ0) is 13.2. The van der Waals surface area contributed by atoms with Gasteiger partial charge >= 0.3 is 5.97 Å². The monoisotopic (exact) mass is 250 g/mol. The number of cyclic esters (lactones) is 1. The maximum atomic E-state index is 11.0. The standard InChI is InChI=1S/C9H14O8/c1-3(11)8(14)17-7-5(13)9(15)16-6(7)4(12)2-10/h3-4,6,8,10-14H,2H2,1H3/t3?,4-,6+,8?/m0/s1. The largest absolute Gasteiger partial charge is 0.499 e. The summed E-state index contributed by atoms with van der Waals surface area (Å²) in [6.45, 7) is 0.486. The van der Waals surface area contributed by atoms with Gasteiger partial charge in [0.15, 0.2) is 11.9 Å². The minimum atomic E-state index is -1.70. The molecule has 0 saturated heterocycles. The fourth-order valence-corrected chi connectivity index (χ4v) is 1.16. The molecular weight excluding hydrogens is 236 g/mol. The van der Waals surface area contributed by atoms with Gasteiger partial charge in [-0.05, 0) is 6.92 Å². The second-order valence-electron chi connectivity index (χ2n) is 3.54. The highest BCUT2D eigenvalue weighted by molar-refractivity contribution is 5.89.